The average molecular weight is 545 g/mol. The molecule has 2 N–H and O–H groups in total. The van der Waals surface area contributed by atoms with Gasteiger partial charge in [0, 0.05) is 51.6 Å². The molecule has 1 aliphatic rings. The van der Waals surface area contributed by atoms with Crippen LogP contribution in [-0.2, 0) is 17.7 Å². The Balaban J connectivity index is 0.00000320. The molecule has 0 atom stereocenters. The first-order chi connectivity index (χ1) is 14.2. The van der Waals surface area contributed by atoms with Gasteiger partial charge >= 0.3 is 0 Å². The number of nitrogens with zero attached hydrogens (tertiary/aromatic N) is 3. The normalized spacial score (nSPS) is 14.8. The monoisotopic (exact) mass is 545 g/mol. The van der Waals surface area contributed by atoms with Crippen molar-refractivity contribution in [2.75, 3.05) is 53.0 Å². The van der Waals surface area contributed by atoms with Gasteiger partial charge in [0.15, 0.2) is 5.96 Å². The molecule has 0 saturated carbocycles. The lowest BCUT2D eigenvalue weighted by atomic mass is 10.2. The second kappa shape index (κ2) is 13.8. The van der Waals surface area contributed by atoms with Crippen LogP contribution in [0.15, 0.2) is 34.6 Å². The molecule has 1 aliphatic heterocycles. The molecule has 0 radical (unpaired) electrons. The Kier molecular flexibility index (Phi) is 11.4. The Morgan fingerprint density at radius 1 is 1.30 bits per heavy atom. The predicted molar refractivity (Wildman–Crippen MR) is 133 cm³/mol. The molecule has 2 aromatic rings. The predicted octanol–water partition coefficient (Wildman–Crippen LogP) is 2.69. The number of halogens is 1. The van der Waals surface area contributed by atoms with Gasteiger partial charge in [-0.3, -0.25) is 9.89 Å². The molecule has 1 saturated heterocycles. The Bertz CT molecular complexity index is 780. The molecule has 9 heteroatoms. The van der Waals surface area contributed by atoms with Crippen LogP contribution in [0.4, 0.5) is 0 Å². The fraction of sp³-hybridized carbons (Fsp3) is 0.524. The smallest absolute Gasteiger partial charge is 0.191 e. The van der Waals surface area contributed by atoms with Crippen LogP contribution in [0.25, 0.3) is 0 Å². The fourth-order valence-electron chi connectivity index (χ4n) is 3.10. The van der Waals surface area contributed by atoms with Crippen LogP contribution in [-0.4, -0.2) is 68.9 Å². The minimum absolute atomic E-state index is 0. The molecule has 30 heavy (non-hydrogen) atoms. The number of aryl methyl sites for hydroxylation is 1. The van der Waals surface area contributed by atoms with Gasteiger partial charge in [-0.2, -0.15) is 0 Å². The maximum absolute atomic E-state index is 5.94. The zero-order valence-corrected chi connectivity index (χ0v) is 20.9. The maximum atomic E-state index is 5.94. The van der Waals surface area contributed by atoms with E-state index in [1.165, 1.54) is 0 Å². The zero-order chi connectivity index (χ0) is 20.3. The molecule has 1 aromatic carbocycles. The fourth-order valence-corrected chi connectivity index (χ4v) is 3.75. The summed E-state index contributed by atoms with van der Waals surface area (Å²) in [6.07, 6.45) is 0.886. The van der Waals surface area contributed by atoms with Crippen molar-refractivity contribution >= 4 is 41.3 Å². The minimum Gasteiger partial charge on any atom is -0.492 e. The van der Waals surface area contributed by atoms with Gasteiger partial charge in [-0.05, 0) is 24.6 Å². The molecular formula is C21H32IN5O2S. The molecule has 0 aliphatic carbocycles. The number of thiazole rings is 1. The highest BCUT2D eigenvalue weighted by Gasteiger charge is 2.09. The van der Waals surface area contributed by atoms with Crippen molar-refractivity contribution in [2.45, 2.75) is 19.9 Å². The highest BCUT2D eigenvalue weighted by atomic mass is 127. The van der Waals surface area contributed by atoms with Crippen molar-refractivity contribution in [2.24, 2.45) is 4.99 Å². The van der Waals surface area contributed by atoms with Crippen LogP contribution < -0.4 is 15.4 Å². The highest BCUT2D eigenvalue weighted by Crippen LogP contribution is 2.13. The largest absolute Gasteiger partial charge is 0.492 e. The van der Waals surface area contributed by atoms with E-state index < -0.39 is 0 Å². The van der Waals surface area contributed by atoms with Crippen LogP contribution in [0, 0.1) is 6.92 Å². The second-order valence-electron chi connectivity index (χ2n) is 6.91. The van der Waals surface area contributed by atoms with Gasteiger partial charge in [0.2, 0.25) is 0 Å². The van der Waals surface area contributed by atoms with Crippen LogP contribution in [0.2, 0.25) is 0 Å². The standard InChI is InChI=1S/C21H31N5O2S.HI/c1-17-25-19(16-29-17)6-7-23-21(22-2)24-15-18-4-3-5-20(14-18)28-13-10-26-8-11-27-12-9-26;/h3-5,14,16H,6-13,15H2,1-2H3,(H2,22,23,24);1H. The van der Waals surface area contributed by atoms with Gasteiger partial charge in [0.05, 0.1) is 23.9 Å². The third-order valence-corrected chi connectivity index (χ3v) is 5.52. The molecule has 2 heterocycles. The first-order valence-corrected chi connectivity index (χ1v) is 11.0. The highest BCUT2D eigenvalue weighted by molar-refractivity contribution is 14.0. The van der Waals surface area contributed by atoms with Crippen molar-refractivity contribution in [3.63, 3.8) is 0 Å². The van der Waals surface area contributed by atoms with Gasteiger partial charge in [0.1, 0.15) is 12.4 Å². The van der Waals surface area contributed by atoms with Gasteiger partial charge in [0.25, 0.3) is 0 Å². The number of hydrogen-bond donors (Lipinski definition) is 2. The van der Waals surface area contributed by atoms with E-state index in [0.29, 0.717) is 13.2 Å². The van der Waals surface area contributed by atoms with E-state index in [4.69, 9.17) is 9.47 Å². The van der Waals surface area contributed by atoms with Crippen LogP contribution in [0.5, 0.6) is 5.75 Å². The van der Waals surface area contributed by atoms with Gasteiger partial charge in [-0.25, -0.2) is 4.98 Å². The van der Waals surface area contributed by atoms with Crippen molar-refractivity contribution < 1.29 is 9.47 Å². The van der Waals surface area contributed by atoms with E-state index in [0.717, 1.165) is 73.8 Å². The van der Waals surface area contributed by atoms with Gasteiger partial charge in [-0.15, -0.1) is 35.3 Å². The quantitative estimate of drug-likeness (QED) is 0.287. The summed E-state index contributed by atoms with van der Waals surface area (Å²) in [7, 11) is 1.79. The van der Waals surface area contributed by atoms with Crippen molar-refractivity contribution in [3.05, 3.63) is 45.9 Å². The number of ether oxygens (including phenoxy) is 2. The molecule has 1 aromatic heterocycles. The third-order valence-electron chi connectivity index (χ3n) is 4.70. The van der Waals surface area contributed by atoms with Crippen LogP contribution in [0.3, 0.4) is 0 Å². The molecule has 0 unspecified atom stereocenters. The summed E-state index contributed by atoms with van der Waals surface area (Å²) in [5.41, 5.74) is 2.28. The van der Waals surface area contributed by atoms with Crippen molar-refractivity contribution in [1.82, 2.24) is 20.5 Å². The molecule has 166 valence electrons. The Morgan fingerprint density at radius 3 is 2.87 bits per heavy atom. The molecular weight excluding hydrogens is 513 g/mol. The third kappa shape index (κ3) is 8.75. The van der Waals surface area contributed by atoms with Crippen LogP contribution >= 0.6 is 35.3 Å². The summed E-state index contributed by atoms with van der Waals surface area (Å²) in [6.45, 7) is 8.76. The minimum atomic E-state index is 0. The van der Waals surface area contributed by atoms with Gasteiger partial charge < -0.3 is 20.1 Å². The number of morpholine rings is 1. The lowest BCUT2D eigenvalue weighted by Gasteiger charge is -2.26. The molecule has 1 fully saturated rings. The Hall–Kier alpha value is -1.43. The summed E-state index contributed by atoms with van der Waals surface area (Å²) in [5.74, 6) is 1.69. The number of aliphatic imine (C=N–C) groups is 1. The topological polar surface area (TPSA) is 71.0 Å². The summed E-state index contributed by atoms with van der Waals surface area (Å²) in [4.78, 5) is 11.2. The zero-order valence-electron chi connectivity index (χ0n) is 17.7. The number of rotatable bonds is 9. The number of aromatic nitrogens is 1. The molecule has 0 amide bonds. The van der Waals surface area contributed by atoms with Crippen molar-refractivity contribution in [1.29, 1.82) is 0 Å². The van der Waals surface area contributed by atoms with E-state index >= 15 is 0 Å². The lowest BCUT2D eigenvalue weighted by molar-refractivity contribution is 0.0322. The first kappa shape index (κ1) is 24.8. The summed E-state index contributed by atoms with van der Waals surface area (Å²) in [6, 6.07) is 8.21. The summed E-state index contributed by atoms with van der Waals surface area (Å²) < 4.78 is 11.3. The summed E-state index contributed by atoms with van der Waals surface area (Å²) >= 11 is 1.69. The van der Waals surface area contributed by atoms with E-state index in [1.54, 1.807) is 18.4 Å². The lowest BCUT2D eigenvalue weighted by Crippen LogP contribution is -2.38. The Labute approximate surface area is 200 Å². The number of hydrogen-bond acceptors (Lipinski definition) is 6. The maximum Gasteiger partial charge on any atom is 0.191 e. The molecule has 0 spiro atoms. The van der Waals surface area contributed by atoms with E-state index in [1.807, 2.05) is 19.1 Å². The SMILES string of the molecule is CN=C(NCCc1csc(C)n1)NCc1cccc(OCCN2CCOCC2)c1.I. The Morgan fingerprint density at radius 2 is 2.13 bits per heavy atom. The first-order valence-electron chi connectivity index (χ1n) is 10.1. The van der Waals surface area contributed by atoms with Crippen molar-refractivity contribution in [3.8, 4) is 5.75 Å². The van der Waals surface area contributed by atoms with E-state index in [2.05, 4.69) is 43.0 Å². The van der Waals surface area contributed by atoms with E-state index in [9.17, 15) is 0 Å². The number of guanidine groups is 1. The summed E-state index contributed by atoms with van der Waals surface area (Å²) in [5, 5.41) is 9.91. The second-order valence-corrected chi connectivity index (χ2v) is 7.97. The average Bonchev–Trinajstić information content (AvgIpc) is 3.16. The number of benzene rings is 1. The number of nitrogens with one attached hydrogen (secondary N) is 2. The molecule has 3 rings (SSSR count). The molecule has 7 nitrogen and oxygen atoms in total. The van der Waals surface area contributed by atoms with E-state index in [-0.39, 0.29) is 24.0 Å². The van der Waals surface area contributed by atoms with Gasteiger partial charge in [-0.1, -0.05) is 12.1 Å². The molecule has 0 bridgehead atoms. The van der Waals surface area contributed by atoms with Crippen LogP contribution in [0.1, 0.15) is 16.3 Å².